The monoisotopic (exact) mass is 337 g/mol. The molecule has 1 amide bonds. The number of carboxylic acid groups (broad SMARTS) is 1. The summed E-state index contributed by atoms with van der Waals surface area (Å²) in [6, 6.07) is 9.11. The molecule has 2 N–H and O–H groups in total. The molecule has 128 valence electrons. The Bertz CT molecular complexity index is 465. The third-order valence-corrected chi connectivity index (χ3v) is 4.82. The normalized spacial score (nSPS) is 11.9. The van der Waals surface area contributed by atoms with Crippen LogP contribution in [0.5, 0.6) is 0 Å². The zero-order valence-corrected chi connectivity index (χ0v) is 14.6. The van der Waals surface area contributed by atoms with Gasteiger partial charge in [0, 0.05) is 12.1 Å². The summed E-state index contributed by atoms with van der Waals surface area (Å²) in [4.78, 5) is 23.2. The number of unbranched alkanes of at least 4 members (excludes halogenated alkanes) is 5. The lowest BCUT2D eigenvalue weighted by Crippen LogP contribution is -2.24. The molecule has 1 aromatic rings. The van der Waals surface area contributed by atoms with E-state index in [0.29, 0.717) is 5.69 Å². The van der Waals surface area contributed by atoms with Gasteiger partial charge in [-0.2, -0.15) is 0 Å². The highest BCUT2D eigenvalue weighted by atomic mass is 32.2. The van der Waals surface area contributed by atoms with Gasteiger partial charge in [0.15, 0.2) is 0 Å². The molecule has 0 fully saturated rings. The highest BCUT2D eigenvalue weighted by Crippen LogP contribution is 2.19. The smallest absolute Gasteiger partial charge is 0.317 e. The minimum Gasteiger partial charge on any atom is -0.480 e. The van der Waals surface area contributed by atoms with Crippen molar-refractivity contribution >= 4 is 29.3 Å². The number of carbonyl (C=O) groups is 2. The van der Waals surface area contributed by atoms with Gasteiger partial charge in [-0.3, -0.25) is 9.59 Å². The second kappa shape index (κ2) is 12.0. The number of amides is 1. The predicted octanol–water partition coefficient (Wildman–Crippen LogP) is 4.56. The summed E-state index contributed by atoms with van der Waals surface area (Å²) in [6.07, 6.45) is 7.11. The van der Waals surface area contributed by atoms with Gasteiger partial charge in [-0.1, -0.05) is 57.2 Å². The second-order valence-electron chi connectivity index (χ2n) is 5.58. The molecular weight excluding hydrogens is 310 g/mol. The quantitative estimate of drug-likeness (QED) is 0.549. The van der Waals surface area contributed by atoms with Crippen molar-refractivity contribution in [1.29, 1.82) is 0 Å². The van der Waals surface area contributed by atoms with Crippen LogP contribution < -0.4 is 5.32 Å². The third kappa shape index (κ3) is 9.29. The molecule has 0 aliphatic carbocycles. The van der Waals surface area contributed by atoms with Gasteiger partial charge in [0.1, 0.15) is 5.25 Å². The average molecular weight is 337 g/mol. The van der Waals surface area contributed by atoms with Crippen molar-refractivity contribution in [2.75, 3.05) is 11.1 Å². The topological polar surface area (TPSA) is 66.4 Å². The van der Waals surface area contributed by atoms with Crippen molar-refractivity contribution in [2.45, 2.75) is 57.1 Å². The Balaban J connectivity index is 2.26. The number of hydrogen-bond donors (Lipinski definition) is 2. The molecule has 1 aromatic carbocycles. The molecule has 4 nitrogen and oxygen atoms in total. The van der Waals surface area contributed by atoms with Crippen LogP contribution in [0.25, 0.3) is 0 Å². The summed E-state index contributed by atoms with van der Waals surface area (Å²) < 4.78 is 0. The molecule has 0 aromatic heterocycles. The first-order valence-corrected chi connectivity index (χ1v) is 9.37. The highest BCUT2D eigenvalue weighted by Gasteiger charge is 2.21. The van der Waals surface area contributed by atoms with E-state index in [1.54, 1.807) is 12.1 Å². The van der Waals surface area contributed by atoms with Crippen LogP contribution in [0.1, 0.15) is 51.9 Å². The van der Waals surface area contributed by atoms with Crippen LogP contribution >= 0.6 is 11.8 Å². The van der Waals surface area contributed by atoms with Gasteiger partial charge >= 0.3 is 5.97 Å². The predicted molar refractivity (Wildman–Crippen MR) is 96.9 cm³/mol. The molecule has 0 saturated carbocycles. The maximum atomic E-state index is 11.9. The number of nitrogens with one attached hydrogen (secondary N) is 1. The van der Waals surface area contributed by atoms with Crippen molar-refractivity contribution < 1.29 is 14.7 Å². The molecule has 0 radical (unpaired) electrons. The van der Waals surface area contributed by atoms with Gasteiger partial charge in [0.2, 0.25) is 5.91 Å². The number of carbonyl (C=O) groups excluding carboxylic acids is 1. The van der Waals surface area contributed by atoms with Crippen molar-refractivity contribution in [3.63, 3.8) is 0 Å². The molecule has 5 heteroatoms. The molecule has 0 heterocycles. The Labute approximate surface area is 143 Å². The van der Waals surface area contributed by atoms with Gasteiger partial charge < -0.3 is 10.4 Å². The van der Waals surface area contributed by atoms with Crippen LogP contribution in [-0.4, -0.2) is 28.0 Å². The highest BCUT2D eigenvalue weighted by molar-refractivity contribution is 8.00. The molecule has 1 rings (SSSR count). The Hall–Kier alpha value is -1.49. The Morgan fingerprint density at radius 2 is 1.74 bits per heavy atom. The summed E-state index contributed by atoms with van der Waals surface area (Å²) >= 11 is 1.37. The van der Waals surface area contributed by atoms with Crippen LogP contribution in [0.2, 0.25) is 0 Å². The average Bonchev–Trinajstić information content (AvgIpc) is 2.53. The fourth-order valence-corrected chi connectivity index (χ4v) is 3.29. The molecular formula is C18H27NO3S. The molecule has 0 bridgehead atoms. The molecule has 0 spiro atoms. The van der Waals surface area contributed by atoms with E-state index in [-0.39, 0.29) is 12.3 Å². The lowest BCUT2D eigenvalue weighted by molar-refractivity contribution is -0.137. The van der Waals surface area contributed by atoms with Crippen LogP contribution in [0.4, 0.5) is 5.69 Å². The number of benzene rings is 1. The van der Waals surface area contributed by atoms with E-state index in [0.717, 1.165) is 18.6 Å². The first-order valence-electron chi connectivity index (χ1n) is 8.32. The van der Waals surface area contributed by atoms with Gasteiger partial charge in [-0.05, 0) is 24.3 Å². The van der Waals surface area contributed by atoms with Crippen LogP contribution in [0, 0.1) is 0 Å². The molecule has 0 saturated heterocycles. The lowest BCUT2D eigenvalue weighted by Gasteiger charge is -2.12. The minimum absolute atomic E-state index is 0.00469. The number of carboxylic acids is 1. The van der Waals surface area contributed by atoms with Gasteiger partial charge in [0.25, 0.3) is 0 Å². The first-order chi connectivity index (χ1) is 11.1. The fourth-order valence-electron chi connectivity index (χ4n) is 2.23. The largest absolute Gasteiger partial charge is 0.480 e. The zero-order valence-electron chi connectivity index (χ0n) is 13.8. The summed E-state index contributed by atoms with van der Waals surface area (Å²) in [5.74, 6) is -0.370. The maximum absolute atomic E-state index is 11.9. The summed E-state index contributed by atoms with van der Waals surface area (Å²) in [5.41, 5.74) is 0.697. The maximum Gasteiger partial charge on any atom is 0.317 e. The standard InChI is InChI=1S/C18H27NO3S/c1-2-3-4-5-6-10-13-23-16(18(21)22)14-17(20)19-15-11-8-7-9-12-15/h7-9,11-12,16H,2-6,10,13-14H2,1H3,(H,19,20)(H,21,22). The number of para-hydroxylation sites is 1. The Morgan fingerprint density at radius 1 is 1.09 bits per heavy atom. The van der Waals surface area contributed by atoms with Crippen molar-refractivity contribution in [1.82, 2.24) is 0 Å². The lowest BCUT2D eigenvalue weighted by atomic mass is 10.1. The number of hydrogen-bond acceptors (Lipinski definition) is 3. The van der Waals surface area contributed by atoms with Crippen molar-refractivity contribution in [3.05, 3.63) is 30.3 Å². The van der Waals surface area contributed by atoms with Gasteiger partial charge in [-0.15, -0.1) is 11.8 Å². The van der Waals surface area contributed by atoms with Crippen LogP contribution in [0.3, 0.4) is 0 Å². The number of rotatable bonds is 12. The first kappa shape index (κ1) is 19.6. The van der Waals surface area contributed by atoms with E-state index in [2.05, 4.69) is 12.2 Å². The van der Waals surface area contributed by atoms with E-state index in [1.165, 1.54) is 37.4 Å². The van der Waals surface area contributed by atoms with E-state index < -0.39 is 11.2 Å². The van der Waals surface area contributed by atoms with Crippen molar-refractivity contribution in [3.8, 4) is 0 Å². The van der Waals surface area contributed by atoms with Crippen LogP contribution in [-0.2, 0) is 9.59 Å². The molecule has 0 aliphatic rings. The van der Waals surface area contributed by atoms with Crippen LogP contribution in [0.15, 0.2) is 30.3 Å². The second-order valence-corrected chi connectivity index (χ2v) is 6.89. The molecule has 1 unspecified atom stereocenters. The molecule has 23 heavy (non-hydrogen) atoms. The van der Waals surface area contributed by atoms with E-state index in [9.17, 15) is 14.7 Å². The van der Waals surface area contributed by atoms with E-state index >= 15 is 0 Å². The van der Waals surface area contributed by atoms with E-state index in [4.69, 9.17) is 0 Å². The minimum atomic E-state index is -0.913. The number of thioether (sulfide) groups is 1. The van der Waals surface area contributed by atoms with Gasteiger partial charge in [0.05, 0.1) is 0 Å². The SMILES string of the molecule is CCCCCCCCSC(CC(=O)Nc1ccccc1)C(=O)O. The number of anilines is 1. The fraction of sp³-hybridized carbons (Fsp3) is 0.556. The summed E-state index contributed by atoms with van der Waals surface area (Å²) in [7, 11) is 0. The van der Waals surface area contributed by atoms with E-state index in [1.807, 2.05) is 18.2 Å². The summed E-state index contributed by atoms with van der Waals surface area (Å²) in [5, 5.41) is 11.3. The van der Waals surface area contributed by atoms with Gasteiger partial charge in [-0.25, -0.2) is 0 Å². The summed E-state index contributed by atoms with van der Waals surface area (Å²) in [6.45, 7) is 2.19. The zero-order chi connectivity index (χ0) is 16.9. The number of aliphatic carboxylic acids is 1. The molecule has 1 atom stereocenters. The Morgan fingerprint density at radius 3 is 2.39 bits per heavy atom. The third-order valence-electron chi connectivity index (χ3n) is 3.52. The molecule has 0 aliphatic heterocycles. The Kier molecular flexibility index (Phi) is 10.2. The van der Waals surface area contributed by atoms with Crippen molar-refractivity contribution in [2.24, 2.45) is 0 Å².